The summed E-state index contributed by atoms with van der Waals surface area (Å²) in [5.74, 6) is 0.189. The third-order valence-electron chi connectivity index (χ3n) is 5.60. The highest BCUT2D eigenvalue weighted by atomic mass is 35.5. The fraction of sp³-hybridized carbons (Fsp3) is 0.550. The van der Waals surface area contributed by atoms with Crippen LogP contribution in [0.4, 0.5) is 0 Å². The number of nitrogens with zero attached hydrogens (tertiary/aromatic N) is 1. The van der Waals surface area contributed by atoms with Gasteiger partial charge < -0.3 is 5.32 Å². The van der Waals surface area contributed by atoms with Gasteiger partial charge in [-0.05, 0) is 61.2 Å². The van der Waals surface area contributed by atoms with Crippen LogP contribution in [0.3, 0.4) is 0 Å². The zero-order chi connectivity index (χ0) is 16.4. The van der Waals surface area contributed by atoms with Crippen molar-refractivity contribution in [1.29, 1.82) is 0 Å². The van der Waals surface area contributed by atoms with Gasteiger partial charge in [-0.3, -0.25) is 9.69 Å². The molecule has 2 heterocycles. The summed E-state index contributed by atoms with van der Waals surface area (Å²) in [5.41, 5.74) is 1.17. The van der Waals surface area contributed by atoms with Crippen LogP contribution in [0.2, 0.25) is 0 Å². The number of hydrogen-bond acceptors (Lipinski definition) is 3. The second-order valence-electron chi connectivity index (χ2n) is 7.20. The van der Waals surface area contributed by atoms with E-state index < -0.39 is 0 Å². The van der Waals surface area contributed by atoms with Gasteiger partial charge in [0.15, 0.2) is 0 Å². The summed E-state index contributed by atoms with van der Waals surface area (Å²) in [4.78, 5) is 15.3. The second-order valence-corrected chi connectivity index (χ2v) is 8.11. The third kappa shape index (κ3) is 4.18. The van der Waals surface area contributed by atoms with E-state index in [9.17, 15) is 4.79 Å². The lowest BCUT2D eigenvalue weighted by molar-refractivity contribution is -0.121. The number of carbonyl (C=O) groups is 1. The summed E-state index contributed by atoms with van der Waals surface area (Å²) in [7, 11) is 0. The van der Waals surface area contributed by atoms with Crippen molar-refractivity contribution in [3.63, 3.8) is 0 Å². The predicted molar refractivity (Wildman–Crippen MR) is 108 cm³/mol. The quantitative estimate of drug-likeness (QED) is 0.855. The fourth-order valence-electron chi connectivity index (χ4n) is 4.39. The molecular weight excluding hydrogens is 352 g/mol. The number of rotatable bonds is 4. The average molecular weight is 379 g/mol. The number of likely N-dealkylation sites (tertiary alicyclic amines) is 1. The summed E-state index contributed by atoms with van der Waals surface area (Å²) in [6.07, 6.45) is 8.08. The van der Waals surface area contributed by atoms with Gasteiger partial charge >= 0.3 is 0 Å². The first-order valence-electron chi connectivity index (χ1n) is 9.30. The van der Waals surface area contributed by atoms with Crippen LogP contribution in [0.25, 0.3) is 10.1 Å². The fourth-order valence-corrected chi connectivity index (χ4v) is 5.35. The van der Waals surface area contributed by atoms with E-state index >= 15 is 0 Å². The van der Waals surface area contributed by atoms with E-state index in [1.165, 1.54) is 60.8 Å². The van der Waals surface area contributed by atoms with Gasteiger partial charge in [-0.1, -0.05) is 31.0 Å². The lowest BCUT2D eigenvalue weighted by Gasteiger charge is -2.38. The molecule has 1 saturated heterocycles. The topological polar surface area (TPSA) is 32.3 Å². The number of benzene rings is 1. The molecule has 1 N–H and O–H groups in total. The first kappa shape index (κ1) is 18.7. The first-order valence-corrected chi connectivity index (χ1v) is 10.2. The van der Waals surface area contributed by atoms with E-state index in [1.54, 1.807) is 11.3 Å². The molecule has 136 valence electrons. The van der Waals surface area contributed by atoms with Gasteiger partial charge in [0, 0.05) is 16.8 Å². The van der Waals surface area contributed by atoms with Crippen molar-refractivity contribution in [1.82, 2.24) is 10.2 Å². The highest BCUT2D eigenvalue weighted by molar-refractivity contribution is 7.17. The van der Waals surface area contributed by atoms with E-state index in [4.69, 9.17) is 0 Å². The van der Waals surface area contributed by atoms with Crippen LogP contribution in [0.1, 0.15) is 44.1 Å². The van der Waals surface area contributed by atoms with Crippen molar-refractivity contribution in [3.05, 3.63) is 35.2 Å². The molecule has 1 aliphatic heterocycles. The van der Waals surface area contributed by atoms with Gasteiger partial charge in [-0.25, -0.2) is 0 Å². The third-order valence-corrected chi connectivity index (χ3v) is 6.61. The second kappa shape index (κ2) is 8.52. The zero-order valence-electron chi connectivity index (χ0n) is 14.6. The van der Waals surface area contributed by atoms with Crippen molar-refractivity contribution >= 4 is 39.7 Å². The van der Waals surface area contributed by atoms with Gasteiger partial charge in [-0.2, -0.15) is 0 Å². The van der Waals surface area contributed by atoms with Gasteiger partial charge in [0.1, 0.15) is 0 Å². The standard InChI is InChI=1S/C20H26N2OS.ClH/c23-20(13-15-14-24-19-10-4-1-7-16(15)19)21-17-8-2-3-9-18(17)22-11-5-6-12-22;/h1,4,7,10,14,17-18H,2-3,5-6,8-9,11-13H2,(H,21,23);1H. The predicted octanol–water partition coefficient (Wildman–Crippen LogP) is 4.39. The van der Waals surface area contributed by atoms with Crippen LogP contribution in [0, 0.1) is 0 Å². The van der Waals surface area contributed by atoms with E-state index in [0.717, 1.165) is 6.42 Å². The maximum Gasteiger partial charge on any atom is 0.224 e. The lowest BCUT2D eigenvalue weighted by Crippen LogP contribution is -2.52. The Morgan fingerprint density at radius 3 is 2.72 bits per heavy atom. The Labute approximate surface area is 160 Å². The number of thiophene rings is 1. The van der Waals surface area contributed by atoms with E-state index in [1.807, 2.05) is 0 Å². The van der Waals surface area contributed by atoms with Gasteiger partial charge in [-0.15, -0.1) is 23.7 Å². The molecule has 0 spiro atoms. The molecule has 1 amide bonds. The van der Waals surface area contributed by atoms with Crippen molar-refractivity contribution in [2.24, 2.45) is 0 Å². The van der Waals surface area contributed by atoms with Crippen molar-refractivity contribution < 1.29 is 4.79 Å². The molecule has 2 fully saturated rings. The summed E-state index contributed by atoms with van der Waals surface area (Å²) in [6.45, 7) is 2.43. The number of nitrogens with one attached hydrogen (secondary N) is 1. The normalized spacial score (nSPS) is 24.2. The minimum Gasteiger partial charge on any atom is -0.352 e. The van der Waals surface area contributed by atoms with Gasteiger partial charge in [0.2, 0.25) is 5.91 Å². The number of fused-ring (bicyclic) bond motifs is 1. The molecule has 0 bridgehead atoms. The van der Waals surface area contributed by atoms with E-state index in [2.05, 4.69) is 39.9 Å². The molecule has 4 rings (SSSR count). The molecular formula is C20H27ClN2OS. The van der Waals surface area contributed by atoms with Gasteiger partial charge in [0.05, 0.1) is 6.42 Å². The van der Waals surface area contributed by atoms with Crippen LogP contribution in [0.15, 0.2) is 29.6 Å². The average Bonchev–Trinajstić information content (AvgIpc) is 3.26. The highest BCUT2D eigenvalue weighted by Crippen LogP contribution is 2.28. The Morgan fingerprint density at radius 1 is 1.12 bits per heavy atom. The van der Waals surface area contributed by atoms with Crippen molar-refractivity contribution in [2.75, 3.05) is 13.1 Å². The molecule has 1 aromatic heterocycles. The van der Waals surface area contributed by atoms with Crippen LogP contribution in [-0.2, 0) is 11.2 Å². The monoisotopic (exact) mass is 378 g/mol. The van der Waals surface area contributed by atoms with Crippen LogP contribution in [-0.4, -0.2) is 36.0 Å². The largest absolute Gasteiger partial charge is 0.352 e. The SMILES string of the molecule is Cl.O=C(Cc1csc2ccccc12)NC1CCCCC1N1CCCC1. The number of carbonyl (C=O) groups excluding carboxylic acids is 1. The van der Waals surface area contributed by atoms with Crippen molar-refractivity contribution in [3.8, 4) is 0 Å². The highest BCUT2D eigenvalue weighted by Gasteiger charge is 2.32. The van der Waals surface area contributed by atoms with E-state index in [0.29, 0.717) is 18.5 Å². The Kier molecular flexibility index (Phi) is 6.37. The summed E-state index contributed by atoms with van der Waals surface area (Å²) in [6, 6.07) is 9.28. The smallest absolute Gasteiger partial charge is 0.224 e. The van der Waals surface area contributed by atoms with Crippen LogP contribution in [0.5, 0.6) is 0 Å². The Bertz CT molecular complexity index is 711. The van der Waals surface area contributed by atoms with Crippen molar-refractivity contribution in [2.45, 2.75) is 57.0 Å². The van der Waals surface area contributed by atoms with Crippen LogP contribution >= 0.6 is 23.7 Å². The maximum absolute atomic E-state index is 12.7. The molecule has 2 unspecified atom stereocenters. The molecule has 5 heteroatoms. The molecule has 3 nitrogen and oxygen atoms in total. The Hall–Kier alpha value is -1.10. The molecule has 2 aromatic rings. The minimum atomic E-state index is 0. The molecule has 2 aliphatic rings. The molecule has 1 saturated carbocycles. The molecule has 1 aliphatic carbocycles. The Balaban J connectivity index is 0.00000182. The Morgan fingerprint density at radius 2 is 1.88 bits per heavy atom. The lowest BCUT2D eigenvalue weighted by atomic mass is 9.89. The summed E-state index contributed by atoms with van der Waals surface area (Å²) in [5, 5.41) is 6.75. The minimum absolute atomic E-state index is 0. The summed E-state index contributed by atoms with van der Waals surface area (Å²) >= 11 is 1.73. The molecule has 1 aromatic carbocycles. The first-order chi connectivity index (χ1) is 11.8. The number of halogens is 1. The van der Waals surface area contributed by atoms with Crippen LogP contribution < -0.4 is 5.32 Å². The van der Waals surface area contributed by atoms with E-state index in [-0.39, 0.29) is 18.3 Å². The zero-order valence-corrected chi connectivity index (χ0v) is 16.2. The number of amides is 1. The maximum atomic E-state index is 12.7. The molecule has 2 atom stereocenters. The molecule has 0 radical (unpaired) electrons. The van der Waals surface area contributed by atoms with Gasteiger partial charge in [0.25, 0.3) is 0 Å². The molecule has 25 heavy (non-hydrogen) atoms. The number of hydrogen-bond donors (Lipinski definition) is 1. The summed E-state index contributed by atoms with van der Waals surface area (Å²) < 4.78 is 1.27.